The molecule has 0 aromatic heterocycles. The number of likely N-dealkylation sites (tertiary alicyclic amines) is 1. The maximum Gasteiger partial charge on any atom is 0.314 e. The summed E-state index contributed by atoms with van der Waals surface area (Å²) in [5, 5.41) is 0. The Kier molecular flexibility index (Phi) is 6.31. The number of methoxy groups -OCH3 is 1. The minimum absolute atomic E-state index is 0.00451. The molecule has 1 amide bonds. The molecule has 0 saturated carbocycles. The van der Waals surface area contributed by atoms with Crippen LogP contribution in [0.1, 0.15) is 25.3 Å². The van der Waals surface area contributed by atoms with Crippen molar-refractivity contribution in [2.75, 3.05) is 33.4 Å². The molecule has 132 valence electrons. The first-order valence-electron chi connectivity index (χ1n) is 8.19. The highest BCUT2D eigenvalue weighted by molar-refractivity contribution is 5.81. The van der Waals surface area contributed by atoms with E-state index in [1.165, 1.54) is 19.2 Å². The number of carbonyl (C=O) groups is 2. The summed E-state index contributed by atoms with van der Waals surface area (Å²) in [6, 6.07) is 6.11. The third-order valence-corrected chi connectivity index (χ3v) is 4.36. The molecule has 0 bridgehead atoms. The lowest BCUT2D eigenvalue weighted by atomic mass is 9.75. The van der Waals surface area contributed by atoms with E-state index in [1.807, 2.05) is 0 Å². The average molecular weight is 337 g/mol. The van der Waals surface area contributed by atoms with Gasteiger partial charge in [-0.2, -0.15) is 0 Å². The van der Waals surface area contributed by atoms with Crippen LogP contribution in [0.5, 0.6) is 0 Å². The number of nitrogens with zero attached hydrogens (tertiary/aromatic N) is 1. The first-order valence-corrected chi connectivity index (χ1v) is 8.19. The number of piperidine rings is 1. The molecule has 1 unspecified atom stereocenters. The second-order valence-corrected chi connectivity index (χ2v) is 6.16. The molecule has 1 saturated heterocycles. The van der Waals surface area contributed by atoms with E-state index in [0.717, 1.165) is 12.0 Å². The number of ether oxygens (including phenoxy) is 2. The van der Waals surface area contributed by atoms with Gasteiger partial charge in [0, 0.05) is 20.2 Å². The summed E-state index contributed by atoms with van der Waals surface area (Å²) < 4.78 is 23.3. The van der Waals surface area contributed by atoms with Crippen LogP contribution in [0.4, 0.5) is 4.39 Å². The number of benzene rings is 1. The predicted molar refractivity (Wildman–Crippen MR) is 86.9 cm³/mol. The van der Waals surface area contributed by atoms with Gasteiger partial charge in [0.2, 0.25) is 5.91 Å². The number of hydrogen-bond acceptors (Lipinski definition) is 4. The van der Waals surface area contributed by atoms with E-state index in [0.29, 0.717) is 25.9 Å². The molecule has 5 nitrogen and oxygen atoms in total. The van der Waals surface area contributed by atoms with Crippen molar-refractivity contribution in [3.8, 4) is 0 Å². The minimum atomic E-state index is -0.796. The monoisotopic (exact) mass is 337 g/mol. The fourth-order valence-electron chi connectivity index (χ4n) is 3.22. The molecule has 1 aliphatic heterocycles. The van der Waals surface area contributed by atoms with Gasteiger partial charge in [0.05, 0.1) is 12.0 Å². The Balaban J connectivity index is 2.24. The Morgan fingerprint density at radius 3 is 2.62 bits per heavy atom. The van der Waals surface area contributed by atoms with Gasteiger partial charge in [-0.1, -0.05) is 12.1 Å². The number of hydrogen-bond donors (Lipinski definition) is 0. The summed E-state index contributed by atoms with van der Waals surface area (Å²) >= 11 is 0. The van der Waals surface area contributed by atoms with Crippen LogP contribution < -0.4 is 0 Å². The van der Waals surface area contributed by atoms with E-state index >= 15 is 0 Å². The van der Waals surface area contributed by atoms with Crippen molar-refractivity contribution in [1.82, 2.24) is 4.90 Å². The van der Waals surface area contributed by atoms with Gasteiger partial charge in [-0.15, -0.1) is 0 Å². The van der Waals surface area contributed by atoms with Crippen molar-refractivity contribution in [2.24, 2.45) is 5.41 Å². The molecule has 0 aliphatic carbocycles. The van der Waals surface area contributed by atoms with E-state index < -0.39 is 5.41 Å². The summed E-state index contributed by atoms with van der Waals surface area (Å²) in [6.07, 6.45) is 1.78. The zero-order valence-electron chi connectivity index (χ0n) is 14.2. The molecule has 6 heteroatoms. The number of rotatable bonds is 6. The Morgan fingerprint density at radius 1 is 1.29 bits per heavy atom. The molecular weight excluding hydrogens is 313 g/mol. The Hall–Kier alpha value is -1.95. The Morgan fingerprint density at radius 2 is 2.00 bits per heavy atom. The molecule has 0 spiro atoms. The minimum Gasteiger partial charge on any atom is -0.466 e. The van der Waals surface area contributed by atoms with Crippen LogP contribution in [0.25, 0.3) is 0 Å². The van der Waals surface area contributed by atoms with E-state index in [2.05, 4.69) is 0 Å². The second-order valence-electron chi connectivity index (χ2n) is 6.16. The molecule has 0 radical (unpaired) electrons. The van der Waals surface area contributed by atoms with Crippen molar-refractivity contribution in [3.63, 3.8) is 0 Å². The van der Waals surface area contributed by atoms with Gasteiger partial charge < -0.3 is 14.4 Å². The van der Waals surface area contributed by atoms with Gasteiger partial charge >= 0.3 is 5.97 Å². The van der Waals surface area contributed by atoms with Crippen molar-refractivity contribution >= 4 is 11.9 Å². The van der Waals surface area contributed by atoms with Crippen molar-refractivity contribution in [3.05, 3.63) is 35.6 Å². The summed E-state index contributed by atoms with van der Waals surface area (Å²) in [4.78, 5) is 26.5. The van der Waals surface area contributed by atoms with Crippen LogP contribution in [-0.4, -0.2) is 50.2 Å². The number of carbonyl (C=O) groups excluding carboxylic acids is 2. The van der Waals surface area contributed by atoms with E-state index in [4.69, 9.17) is 9.47 Å². The quantitative estimate of drug-likeness (QED) is 0.747. The number of esters is 1. The lowest BCUT2D eigenvalue weighted by Crippen LogP contribution is -2.52. The SMILES string of the molecule is CCOC(=O)C1(Cc2ccc(F)cc2)CCCN(C(=O)COC)C1. The normalized spacial score (nSPS) is 20.7. The Bertz CT molecular complexity index is 575. The van der Waals surface area contributed by atoms with E-state index in [9.17, 15) is 14.0 Å². The van der Waals surface area contributed by atoms with Crippen LogP contribution >= 0.6 is 0 Å². The summed E-state index contributed by atoms with van der Waals surface area (Å²) in [5.74, 6) is -0.751. The van der Waals surface area contributed by atoms with Gasteiger partial charge in [-0.3, -0.25) is 9.59 Å². The molecule has 1 heterocycles. The van der Waals surface area contributed by atoms with Crippen molar-refractivity contribution in [1.29, 1.82) is 0 Å². The van der Waals surface area contributed by atoms with E-state index in [-0.39, 0.29) is 30.9 Å². The van der Waals surface area contributed by atoms with Gasteiger partial charge in [0.25, 0.3) is 0 Å². The maximum absolute atomic E-state index is 13.1. The molecule has 1 aromatic rings. The van der Waals surface area contributed by atoms with Crippen molar-refractivity contribution in [2.45, 2.75) is 26.2 Å². The molecule has 1 fully saturated rings. The third kappa shape index (κ3) is 4.32. The third-order valence-electron chi connectivity index (χ3n) is 4.36. The summed E-state index contributed by atoms with van der Waals surface area (Å²) in [5.41, 5.74) is 0.0562. The highest BCUT2D eigenvalue weighted by Gasteiger charge is 2.44. The highest BCUT2D eigenvalue weighted by atomic mass is 19.1. The molecular formula is C18H24FNO4. The molecule has 1 aromatic carbocycles. The smallest absolute Gasteiger partial charge is 0.314 e. The zero-order chi connectivity index (χ0) is 17.6. The standard InChI is InChI=1S/C18H24FNO4/c1-3-24-17(22)18(11-14-5-7-15(19)8-6-14)9-4-10-20(13-18)16(21)12-23-2/h5-8H,3-4,9-13H2,1-2H3. The second kappa shape index (κ2) is 8.24. The topological polar surface area (TPSA) is 55.8 Å². The summed E-state index contributed by atoms with van der Waals surface area (Å²) in [7, 11) is 1.47. The van der Waals surface area contributed by atoms with Crippen LogP contribution in [0.2, 0.25) is 0 Å². The Labute approximate surface area is 141 Å². The summed E-state index contributed by atoms with van der Waals surface area (Å²) in [6.45, 7) is 2.95. The zero-order valence-corrected chi connectivity index (χ0v) is 14.2. The first-order chi connectivity index (χ1) is 11.5. The van der Waals surface area contributed by atoms with Gasteiger partial charge in [0.15, 0.2) is 0 Å². The number of amides is 1. The van der Waals surface area contributed by atoms with Gasteiger partial charge in [0.1, 0.15) is 12.4 Å². The van der Waals surface area contributed by atoms with Crippen LogP contribution in [0, 0.1) is 11.2 Å². The predicted octanol–water partition coefficient (Wildman–Crippen LogP) is 2.19. The molecule has 0 N–H and O–H groups in total. The lowest BCUT2D eigenvalue weighted by Gasteiger charge is -2.41. The molecule has 1 atom stereocenters. The first kappa shape index (κ1) is 18.4. The van der Waals surface area contributed by atoms with Crippen LogP contribution in [0.15, 0.2) is 24.3 Å². The van der Waals surface area contributed by atoms with Gasteiger partial charge in [-0.05, 0) is 43.9 Å². The average Bonchev–Trinajstić information content (AvgIpc) is 2.57. The molecule has 1 aliphatic rings. The lowest BCUT2D eigenvalue weighted by molar-refractivity contribution is -0.161. The fraction of sp³-hybridized carbons (Fsp3) is 0.556. The maximum atomic E-state index is 13.1. The fourth-order valence-corrected chi connectivity index (χ4v) is 3.22. The molecule has 2 rings (SSSR count). The van der Waals surface area contributed by atoms with E-state index in [1.54, 1.807) is 24.0 Å². The van der Waals surface area contributed by atoms with Gasteiger partial charge in [-0.25, -0.2) is 4.39 Å². The molecule has 24 heavy (non-hydrogen) atoms. The number of halogens is 1. The van der Waals surface area contributed by atoms with Crippen LogP contribution in [0.3, 0.4) is 0 Å². The highest BCUT2D eigenvalue weighted by Crippen LogP contribution is 2.35. The largest absolute Gasteiger partial charge is 0.466 e. The van der Waals surface area contributed by atoms with Crippen LogP contribution in [-0.2, 0) is 25.5 Å². The van der Waals surface area contributed by atoms with Crippen molar-refractivity contribution < 1.29 is 23.5 Å².